The van der Waals surface area contributed by atoms with E-state index in [4.69, 9.17) is 0 Å². The Balaban J connectivity index is 2.83. The van der Waals surface area contributed by atoms with Crippen molar-refractivity contribution in [1.29, 1.82) is 0 Å². The topological polar surface area (TPSA) is 68.0 Å². The molecule has 0 aliphatic rings. The van der Waals surface area contributed by atoms with Crippen LogP contribution in [-0.2, 0) is 6.54 Å². The van der Waals surface area contributed by atoms with Gasteiger partial charge in [0.05, 0.1) is 16.6 Å². The fraction of sp³-hybridized carbons (Fsp3) is 0.462. The lowest BCUT2D eigenvalue weighted by molar-refractivity contribution is 0.0698. The van der Waals surface area contributed by atoms with E-state index in [0.717, 1.165) is 11.5 Å². The van der Waals surface area contributed by atoms with Gasteiger partial charge in [0, 0.05) is 18.7 Å². The Labute approximate surface area is 105 Å². The molecular formula is C13H17N3O2. The lowest BCUT2D eigenvalue weighted by Gasteiger charge is -2.07. The average molecular weight is 247 g/mol. The molecule has 0 bridgehead atoms. The van der Waals surface area contributed by atoms with Crippen LogP contribution < -0.4 is 0 Å². The van der Waals surface area contributed by atoms with Crippen LogP contribution in [0.4, 0.5) is 0 Å². The zero-order valence-electron chi connectivity index (χ0n) is 11.1. The molecular weight excluding hydrogens is 230 g/mol. The van der Waals surface area contributed by atoms with E-state index in [9.17, 15) is 9.90 Å². The molecule has 0 spiro atoms. The summed E-state index contributed by atoms with van der Waals surface area (Å²) in [6.45, 7) is 8.55. The summed E-state index contributed by atoms with van der Waals surface area (Å²) < 4.78 is 1.86. The quantitative estimate of drug-likeness (QED) is 0.905. The van der Waals surface area contributed by atoms with Crippen molar-refractivity contribution in [2.24, 2.45) is 0 Å². The molecule has 0 aliphatic heterocycles. The molecule has 2 aromatic rings. The largest absolute Gasteiger partial charge is 0.478 e. The number of carboxylic acid groups (broad SMARTS) is 1. The fourth-order valence-corrected chi connectivity index (χ4v) is 2.05. The van der Waals surface area contributed by atoms with E-state index in [1.807, 2.05) is 32.3 Å². The molecule has 0 aromatic carbocycles. The van der Waals surface area contributed by atoms with E-state index in [2.05, 4.69) is 9.97 Å². The zero-order chi connectivity index (χ0) is 13.4. The van der Waals surface area contributed by atoms with Crippen molar-refractivity contribution in [3.05, 3.63) is 23.3 Å². The Kier molecular flexibility index (Phi) is 3.07. The monoisotopic (exact) mass is 247 g/mol. The molecule has 96 valence electrons. The highest BCUT2D eigenvalue weighted by Gasteiger charge is 2.19. The Bertz CT molecular complexity index is 614. The second kappa shape index (κ2) is 4.40. The van der Waals surface area contributed by atoms with Gasteiger partial charge in [0.2, 0.25) is 0 Å². The smallest absolute Gasteiger partial charge is 0.338 e. The van der Waals surface area contributed by atoms with Crippen molar-refractivity contribution in [2.45, 2.75) is 40.2 Å². The molecule has 2 aromatic heterocycles. The standard InChI is InChI=1S/C13H17N3O2/c1-5-16-6-9(13(17)18)10-8(4)14-11(7(2)3)15-12(10)16/h6-7H,5H2,1-4H3,(H,17,18). The van der Waals surface area contributed by atoms with Crippen LogP contribution >= 0.6 is 0 Å². The van der Waals surface area contributed by atoms with E-state index in [0.29, 0.717) is 17.6 Å². The van der Waals surface area contributed by atoms with Crippen molar-refractivity contribution in [1.82, 2.24) is 14.5 Å². The molecule has 0 amide bonds. The third kappa shape index (κ3) is 1.85. The van der Waals surface area contributed by atoms with Crippen molar-refractivity contribution >= 4 is 17.0 Å². The van der Waals surface area contributed by atoms with Gasteiger partial charge in [-0.2, -0.15) is 0 Å². The molecule has 2 heterocycles. The predicted molar refractivity (Wildman–Crippen MR) is 69.0 cm³/mol. The van der Waals surface area contributed by atoms with Gasteiger partial charge >= 0.3 is 5.97 Å². The van der Waals surface area contributed by atoms with E-state index in [1.54, 1.807) is 6.20 Å². The van der Waals surface area contributed by atoms with Crippen LogP contribution in [0.5, 0.6) is 0 Å². The van der Waals surface area contributed by atoms with Crippen LogP contribution in [0.3, 0.4) is 0 Å². The molecule has 1 N–H and O–H groups in total. The van der Waals surface area contributed by atoms with E-state index in [1.165, 1.54) is 0 Å². The van der Waals surface area contributed by atoms with Crippen LogP contribution in [0.2, 0.25) is 0 Å². The number of nitrogens with zero attached hydrogens (tertiary/aromatic N) is 3. The van der Waals surface area contributed by atoms with E-state index in [-0.39, 0.29) is 11.5 Å². The summed E-state index contributed by atoms with van der Waals surface area (Å²) in [5, 5.41) is 9.87. The number of aromatic carboxylic acids is 1. The number of carbonyl (C=O) groups is 1. The van der Waals surface area contributed by atoms with Crippen molar-refractivity contribution in [2.75, 3.05) is 0 Å². The molecule has 5 heteroatoms. The molecule has 0 unspecified atom stereocenters. The molecule has 18 heavy (non-hydrogen) atoms. The highest BCUT2D eigenvalue weighted by Crippen LogP contribution is 2.24. The number of aryl methyl sites for hydroxylation is 2. The summed E-state index contributed by atoms with van der Waals surface area (Å²) in [5.41, 5.74) is 1.72. The van der Waals surface area contributed by atoms with Gasteiger partial charge < -0.3 is 9.67 Å². The van der Waals surface area contributed by atoms with Gasteiger partial charge in [-0.1, -0.05) is 13.8 Å². The lowest BCUT2D eigenvalue weighted by Crippen LogP contribution is -2.03. The normalized spacial score (nSPS) is 11.4. The first-order valence-corrected chi connectivity index (χ1v) is 6.06. The Hall–Kier alpha value is -1.91. The predicted octanol–water partition coefficient (Wildman–Crippen LogP) is 2.58. The first-order valence-electron chi connectivity index (χ1n) is 6.06. The minimum absolute atomic E-state index is 0.224. The Morgan fingerprint density at radius 3 is 2.61 bits per heavy atom. The van der Waals surface area contributed by atoms with Gasteiger partial charge in [-0.15, -0.1) is 0 Å². The molecule has 5 nitrogen and oxygen atoms in total. The second-order valence-electron chi connectivity index (χ2n) is 4.65. The molecule has 0 saturated heterocycles. The summed E-state index contributed by atoms with van der Waals surface area (Å²) in [4.78, 5) is 20.1. The first kappa shape index (κ1) is 12.5. The van der Waals surface area contributed by atoms with Gasteiger partial charge in [0.1, 0.15) is 11.5 Å². The number of hydrogen-bond acceptors (Lipinski definition) is 3. The minimum Gasteiger partial charge on any atom is -0.478 e. The molecule has 0 atom stereocenters. The van der Waals surface area contributed by atoms with Gasteiger partial charge in [-0.3, -0.25) is 0 Å². The van der Waals surface area contributed by atoms with Gasteiger partial charge in [0.15, 0.2) is 0 Å². The molecule has 0 aliphatic carbocycles. The molecule has 0 fully saturated rings. The SMILES string of the molecule is CCn1cc(C(=O)O)c2c(C)nc(C(C)C)nc21. The van der Waals surface area contributed by atoms with Crippen molar-refractivity contribution < 1.29 is 9.90 Å². The van der Waals surface area contributed by atoms with Gasteiger partial charge in [-0.25, -0.2) is 14.8 Å². The highest BCUT2D eigenvalue weighted by molar-refractivity contribution is 6.03. The molecule has 0 radical (unpaired) electrons. The molecule has 0 saturated carbocycles. The number of aromatic nitrogens is 3. The van der Waals surface area contributed by atoms with Crippen molar-refractivity contribution in [3.8, 4) is 0 Å². The Morgan fingerprint density at radius 2 is 2.11 bits per heavy atom. The summed E-state index contributed by atoms with van der Waals surface area (Å²) in [6.07, 6.45) is 1.64. The summed E-state index contributed by atoms with van der Waals surface area (Å²) in [6, 6.07) is 0. The maximum Gasteiger partial charge on any atom is 0.338 e. The summed E-state index contributed by atoms with van der Waals surface area (Å²) >= 11 is 0. The van der Waals surface area contributed by atoms with Gasteiger partial charge in [-0.05, 0) is 13.8 Å². The van der Waals surface area contributed by atoms with Crippen LogP contribution in [-0.4, -0.2) is 25.6 Å². The number of rotatable bonds is 3. The van der Waals surface area contributed by atoms with Gasteiger partial charge in [0.25, 0.3) is 0 Å². The zero-order valence-corrected chi connectivity index (χ0v) is 11.1. The van der Waals surface area contributed by atoms with E-state index < -0.39 is 5.97 Å². The Morgan fingerprint density at radius 1 is 1.44 bits per heavy atom. The maximum absolute atomic E-state index is 11.2. The fourth-order valence-electron chi connectivity index (χ4n) is 2.05. The second-order valence-corrected chi connectivity index (χ2v) is 4.65. The first-order chi connectivity index (χ1) is 8.45. The number of carboxylic acids is 1. The van der Waals surface area contributed by atoms with Crippen LogP contribution in [0.25, 0.3) is 11.0 Å². The van der Waals surface area contributed by atoms with Crippen LogP contribution in [0, 0.1) is 6.92 Å². The highest BCUT2D eigenvalue weighted by atomic mass is 16.4. The van der Waals surface area contributed by atoms with Crippen LogP contribution in [0.15, 0.2) is 6.20 Å². The third-order valence-corrected chi connectivity index (χ3v) is 3.00. The third-order valence-electron chi connectivity index (χ3n) is 3.00. The average Bonchev–Trinajstić information content (AvgIpc) is 2.68. The molecule has 2 rings (SSSR count). The van der Waals surface area contributed by atoms with E-state index >= 15 is 0 Å². The minimum atomic E-state index is -0.934. The lowest BCUT2D eigenvalue weighted by atomic mass is 10.1. The van der Waals surface area contributed by atoms with Crippen LogP contribution in [0.1, 0.15) is 48.6 Å². The summed E-state index contributed by atoms with van der Waals surface area (Å²) in [7, 11) is 0. The van der Waals surface area contributed by atoms with Crippen molar-refractivity contribution in [3.63, 3.8) is 0 Å². The maximum atomic E-state index is 11.2. The summed E-state index contributed by atoms with van der Waals surface area (Å²) in [5.74, 6) is 0.0440. The number of fused-ring (bicyclic) bond motifs is 1. The number of hydrogen-bond donors (Lipinski definition) is 1.